The molecule has 0 fully saturated rings. The van der Waals surface area contributed by atoms with E-state index in [-0.39, 0.29) is 5.91 Å². The minimum absolute atomic E-state index is 0.118. The predicted molar refractivity (Wildman–Crippen MR) is 103 cm³/mol. The molecule has 0 radical (unpaired) electrons. The number of pyridine rings is 1. The number of benzene rings is 1. The predicted octanol–water partition coefficient (Wildman–Crippen LogP) is 4.68. The fourth-order valence-corrected chi connectivity index (χ4v) is 3.98. The van der Waals surface area contributed by atoms with Crippen LogP contribution >= 0.6 is 22.9 Å². The largest absolute Gasteiger partial charge is 0.495 e. The summed E-state index contributed by atoms with van der Waals surface area (Å²) >= 11 is 7.70. The van der Waals surface area contributed by atoms with Crippen LogP contribution in [0.3, 0.4) is 0 Å². The van der Waals surface area contributed by atoms with Gasteiger partial charge in [-0.2, -0.15) is 0 Å². The van der Waals surface area contributed by atoms with E-state index in [9.17, 15) is 4.79 Å². The number of hydrogen-bond acceptors (Lipinski definition) is 5. The normalized spacial score (nSPS) is 11.2. The zero-order chi connectivity index (χ0) is 18.1. The van der Waals surface area contributed by atoms with Gasteiger partial charge in [-0.05, 0) is 36.4 Å². The van der Waals surface area contributed by atoms with Crippen LogP contribution in [0.25, 0.3) is 21.1 Å². The molecule has 1 aromatic carbocycles. The van der Waals surface area contributed by atoms with Crippen molar-refractivity contribution >= 4 is 50.0 Å². The smallest absolute Gasteiger partial charge is 0.261 e. The van der Waals surface area contributed by atoms with Crippen molar-refractivity contribution in [3.05, 3.63) is 58.3 Å². The summed E-state index contributed by atoms with van der Waals surface area (Å²) < 4.78 is 10.5. The van der Waals surface area contributed by atoms with Crippen molar-refractivity contribution in [2.75, 3.05) is 13.7 Å². The Hall–Kier alpha value is -2.57. The lowest BCUT2D eigenvalue weighted by atomic mass is 10.2. The summed E-state index contributed by atoms with van der Waals surface area (Å²) in [6.45, 7) is 0.513. The van der Waals surface area contributed by atoms with Crippen LogP contribution in [0.4, 0.5) is 0 Å². The Labute approximate surface area is 158 Å². The maximum atomic E-state index is 12.4. The summed E-state index contributed by atoms with van der Waals surface area (Å²) in [6, 6.07) is 11.3. The molecule has 3 aromatic heterocycles. The summed E-state index contributed by atoms with van der Waals surface area (Å²) in [5.41, 5.74) is 0.671. The molecule has 7 heteroatoms. The Bertz CT molecular complexity index is 1090. The SMILES string of the molecule is COc1ccc2cc3cc(C(=O)NCCc4ccco4)sc3nc2c1Cl. The molecule has 4 aromatic rings. The highest BCUT2D eigenvalue weighted by atomic mass is 35.5. The van der Waals surface area contributed by atoms with Gasteiger partial charge in [-0.15, -0.1) is 11.3 Å². The molecule has 0 saturated heterocycles. The van der Waals surface area contributed by atoms with Crippen LogP contribution in [0.15, 0.2) is 47.1 Å². The molecular weight excluding hydrogens is 372 g/mol. The first-order valence-corrected chi connectivity index (χ1v) is 9.22. The molecule has 0 spiro atoms. The third kappa shape index (κ3) is 3.13. The monoisotopic (exact) mass is 386 g/mol. The number of carbonyl (C=O) groups excluding carboxylic acids is 1. The lowest BCUT2D eigenvalue weighted by molar-refractivity contribution is 0.0958. The number of hydrogen-bond donors (Lipinski definition) is 1. The number of thiophene rings is 1. The van der Waals surface area contributed by atoms with Gasteiger partial charge in [0.2, 0.25) is 0 Å². The molecule has 4 rings (SSSR count). The van der Waals surface area contributed by atoms with Crippen molar-refractivity contribution in [3.8, 4) is 5.75 Å². The summed E-state index contributed by atoms with van der Waals surface area (Å²) in [6.07, 6.45) is 2.28. The maximum absolute atomic E-state index is 12.4. The first kappa shape index (κ1) is 16.9. The minimum Gasteiger partial charge on any atom is -0.495 e. The van der Waals surface area contributed by atoms with E-state index in [4.69, 9.17) is 20.8 Å². The van der Waals surface area contributed by atoms with Crippen molar-refractivity contribution in [1.29, 1.82) is 0 Å². The average molecular weight is 387 g/mol. The number of carbonyl (C=O) groups is 1. The highest BCUT2D eigenvalue weighted by Crippen LogP contribution is 2.35. The van der Waals surface area contributed by atoms with E-state index in [1.807, 2.05) is 36.4 Å². The number of methoxy groups -OCH3 is 1. The first-order valence-electron chi connectivity index (χ1n) is 8.03. The molecule has 3 heterocycles. The van der Waals surface area contributed by atoms with Crippen LogP contribution in [0.2, 0.25) is 5.02 Å². The molecule has 0 unspecified atom stereocenters. The molecule has 5 nitrogen and oxygen atoms in total. The third-order valence-electron chi connectivity index (χ3n) is 4.06. The van der Waals surface area contributed by atoms with Crippen LogP contribution in [0, 0.1) is 0 Å². The first-order chi connectivity index (χ1) is 12.7. The molecule has 0 aliphatic rings. The lowest BCUT2D eigenvalue weighted by Gasteiger charge is -2.05. The van der Waals surface area contributed by atoms with E-state index in [1.165, 1.54) is 11.3 Å². The zero-order valence-electron chi connectivity index (χ0n) is 13.9. The third-order valence-corrected chi connectivity index (χ3v) is 5.47. The second-order valence-corrected chi connectivity index (χ2v) is 7.14. The highest BCUT2D eigenvalue weighted by molar-refractivity contribution is 7.20. The second kappa shape index (κ2) is 6.97. The van der Waals surface area contributed by atoms with Gasteiger partial charge in [-0.3, -0.25) is 4.79 Å². The number of amides is 1. The summed E-state index contributed by atoms with van der Waals surface area (Å²) in [5, 5.41) is 5.21. The average Bonchev–Trinajstić information content (AvgIpc) is 3.29. The van der Waals surface area contributed by atoms with Crippen LogP contribution in [-0.4, -0.2) is 24.5 Å². The van der Waals surface area contributed by atoms with Gasteiger partial charge < -0.3 is 14.5 Å². The van der Waals surface area contributed by atoms with Crippen molar-refractivity contribution < 1.29 is 13.9 Å². The topological polar surface area (TPSA) is 64.4 Å². The molecule has 0 aliphatic carbocycles. The van der Waals surface area contributed by atoms with E-state index < -0.39 is 0 Å². The van der Waals surface area contributed by atoms with E-state index in [1.54, 1.807) is 13.4 Å². The molecular formula is C19H15ClN2O3S. The number of aromatic nitrogens is 1. The number of ether oxygens (including phenoxy) is 1. The standard InChI is InChI=1S/C19H15ClN2O3S/c1-24-14-5-4-11-9-12-10-15(26-19(12)22-17(11)16(14)20)18(23)21-7-6-13-3-2-8-25-13/h2-5,8-10H,6-7H2,1H3,(H,21,23). The summed E-state index contributed by atoms with van der Waals surface area (Å²) in [5.74, 6) is 1.31. The Morgan fingerprint density at radius 3 is 2.96 bits per heavy atom. The fourth-order valence-electron chi connectivity index (χ4n) is 2.76. The van der Waals surface area contributed by atoms with Gasteiger partial charge in [0, 0.05) is 23.7 Å². The van der Waals surface area contributed by atoms with E-state index in [0.29, 0.717) is 34.1 Å². The van der Waals surface area contributed by atoms with Crippen molar-refractivity contribution in [3.63, 3.8) is 0 Å². The number of furan rings is 1. The van der Waals surface area contributed by atoms with Gasteiger partial charge in [0.15, 0.2) is 0 Å². The quantitative estimate of drug-likeness (QED) is 0.541. The van der Waals surface area contributed by atoms with Gasteiger partial charge in [0.25, 0.3) is 5.91 Å². The number of nitrogens with zero attached hydrogens (tertiary/aromatic N) is 1. The zero-order valence-corrected chi connectivity index (χ0v) is 15.5. The Morgan fingerprint density at radius 1 is 1.31 bits per heavy atom. The van der Waals surface area contributed by atoms with Gasteiger partial charge >= 0.3 is 0 Å². The van der Waals surface area contributed by atoms with E-state index in [0.717, 1.165) is 21.4 Å². The van der Waals surface area contributed by atoms with Crippen molar-refractivity contribution in [2.45, 2.75) is 6.42 Å². The summed E-state index contributed by atoms with van der Waals surface area (Å²) in [4.78, 5) is 18.4. The molecule has 1 amide bonds. The maximum Gasteiger partial charge on any atom is 0.261 e. The molecule has 0 saturated carbocycles. The van der Waals surface area contributed by atoms with Gasteiger partial charge in [-0.25, -0.2) is 4.98 Å². The van der Waals surface area contributed by atoms with Crippen molar-refractivity contribution in [1.82, 2.24) is 10.3 Å². The number of nitrogens with one attached hydrogen (secondary N) is 1. The Kier molecular flexibility index (Phi) is 4.53. The number of fused-ring (bicyclic) bond motifs is 2. The van der Waals surface area contributed by atoms with E-state index in [2.05, 4.69) is 10.3 Å². The molecule has 0 bridgehead atoms. The minimum atomic E-state index is -0.118. The molecule has 26 heavy (non-hydrogen) atoms. The fraction of sp³-hybridized carbons (Fsp3) is 0.158. The van der Waals surface area contributed by atoms with Crippen LogP contribution in [0.1, 0.15) is 15.4 Å². The van der Waals surface area contributed by atoms with Crippen molar-refractivity contribution in [2.24, 2.45) is 0 Å². The van der Waals surface area contributed by atoms with Gasteiger partial charge in [0.1, 0.15) is 21.4 Å². The van der Waals surface area contributed by atoms with Crippen LogP contribution in [-0.2, 0) is 6.42 Å². The van der Waals surface area contributed by atoms with Crippen LogP contribution in [0.5, 0.6) is 5.75 Å². The number of halogens is 1. The summed E-state index contributed by atoms with van der Waals surface area (Å²) in [7, 11) is 1.57. The van der Waals surface area contributed by atoms with Gasteiger partial charge in [-0.1, -0.05) is 11.6 Å². The lowest BCUT2D eigenvalue weighted by Crippen LogP contribution is -2.24. The molecule has 132 valence electrons. The number of rotatable bonds is 5. The van der Waals surface area contributed by atoms with Gasteiger partial charge in [0.05, 0.1) is 23.8 Å². The molecule has 0 aliphatic heterocycles. The second-order valence-electron chi connectivity index (χ2n) is 5.73. The molecule has 0 atom stereocenters. The highest BCUT2D eigenvalue weighted by Gasteiger charge is 2.14. The van der Waals surface area contributed by atoms with E-state index >= 15 is 0 Å². The van der Waals surface area contributed by atoms with Crippen LogP contribution < -0.4 is 10.1 Å². The Balaban J connectivity index is 1.59. The molecule has 1 N–H and O–H groups in total. The Morgan fingerprint density at radius 2 is 2.19 bits per heavy atom.